The molecule has 0 aliphatic rings. The van der Waals surface area contributed by atoms with Gasteiger partial charge in [0.15, 0.2) is 10.3 Å². The zero-order chi connectivity index (χ0) is 32.8. The Bertz CT molecular complexity index is 1840. The molecule has 2 heterocycles. The summed E-state index contributed by atoms with van der Waals surface area (Å²) >= 11 is 57.8. The number of nitro groups is 1. The van der Waals surface area contributed by atoms with E-state index in [0.717, 1.165) is 22.2 Å². The van der Waals surface area contributed by atoms with Crippen LogP contribution in [0.1, 0.15) is 0 Å². The number of hydrogen-bond acceptors (Lipinski definition) is 10. The van der Waals surface area contributed by atoms with Crippen molar-refractivity contribution < 1.29 is 26.0 Å². The molecule has 4 aromatic rings. The Morgan fingerprint density at radius 2 is 1.16 bits per heavy atom. The van der Waals surface area contributed by atoms with Gasteiger partial charge in [0.25, 0.3) is 16.8 Å². The highest BCUT2D eigenvalue weighted by atomic mass is 35.5. The minimum atomic E-state index is -0.829. The lowest BCUT2D eigenvalue weighted by atomic mass is 10.2. The van der Waals surface area contributed by atoms with Gasteiger partial charge in [-0.15, -0.1) is 5.26 Å². The Morgan fingerprint density at radius 1 is 0.727 bits per heavy atom. The molecule has 0 spiro atoms. The summed E-state index contributed by atoms with van der Waals surface area (Å²) in [4.78, 5) is 45.4. The fourth-order valence-electron chi connectivity index (χ4n) is 2.72. The number of rotatable bonds is 4. The molecular formula is C20H8Cl10N6O8. The van der Waals surface area contributed by atoms with Crippen molar-refractivity contribution in [2.24, 2.45) is 0 Å². The summed E-state index contributed by atoms with van der Waals surface area (Å²) in [6.45, 7) is 0. The van der Waals surface area contributed by atoms with Gasteiger partial charge in [0.1, 0.15) is 25.1 Å². The van der Waals surface area contributed by atoms with Gasteiger partial charge in [-0.3, -0.25) is 19.7 Å². The molecule has 3 N–H and O–H groups in total. The van der Waals surface area contributed by atoms with E-state index in [2.05, 4.69) is 15.2 Å². The van der Waals surface area contributed by atoms with Gasteiger partial charge < -0.3 is 5.48 Å². The average Bonchev–Trinajstić information content (AvgIpc) is 2.95. The second kappa shape index (κ2) is 17.5. The minimum Gasteiger partial charge on any atom is -0.870 e. The molecule has 0 aliphatic carbocycles. The van der Waals surface area contributed by atoms with E-state index in [4.69, 9.17) is 126 Å². The van der Waals surface area contributed by atoms with Gasteiger partial charge in [-0.1, -0.05) is 116 Å². The summed E-state index contributed by atoms with van der Waals surface area (Å²) in [7, 11) is 0. The molecule has 0 saturated heterocycles. The van der Waals surface area contributed by atoms with Crippen molar-refractivity contribution >= 4 is 122 Å². The van der Waals surface area contributed by atoms with E-state index in [1.165, 1.54) is 12.1 Å². The molecule has 44 heavy (non-hydrogen) atoms. The molecule has 0 fully saturated rings. The zero-order valence-electron chi connectivity index (χ0n) is 20.2. The van der Waals surface area contributed by atoms with Crippen LogP contribution in [0.2, 0.25) is 50.5 Å². The lowest BCUT2D eigenvalue weighted by Crippen LogP contribution is -2.61. The maximum Gasteiger partial charge on any atom is 0.291 e. The molecule has 0 bridgehead atoms. The molecule has 14 nitrogen and oxygen atoms in total. The number of hydrogen-bond donors (Lipinski definition) is 2. The summed E-state index contributed by atoms with van der Waals surface area (Å²) in [6, 6.07) is 6.66. The number of nitrogens with one attached hydrogen (secondary N) is 1. The molecule has 0 radical (unpaired) electrons. The van der Waals surface area contributed by atoms with Crippen LogP contribution in [0.15, 0.2) is 39.9 Å². The van der Waals surface area contributed by atoms with Crippen LogP contribution in [0.25, 0.3) is 11.4 Å². The van der Waals surface area contributed by atoms with Crippen LogP contribution in [0.4, 0.5) is 5.69 Å². The van der Waals surface area contributed by atoms with Crippen LogP contribution in [0.5, 0.6) is 0 Å². The first-order valence-corrected chi connectivity index (χ1v) is 13.9. The molecule has 0 aliphatic heterocycles. The van der Waals surface area contributed by atoms with Gasteiger partial charge in [0, 0.05) is 11.1 Å². The summed E-state index contributed by atoms with van der Waals surface area (Å²) in [5.41, 5.74) is -1.68. The third kappa shape index (κ3) is 9.42. The highest BCUT2D eigenvalue weighted by Gasteiger charge is 2.21. The van der Waals surface area contributed by atoms with Gasteiger partial charge in [0.05, 0.1) is 31.3 Å². The standard InChI is InChI=1S/C10H2Cl5N3O3.C10H3Cl5N2O.HNO3.H2O/c11-3-1-4(12)6(18(20)21)2-5(3)17-10(19)8(14)7(13)9(15)16-17;11-4-1-2-6(5(12)3-4)17-10(18)8(14)7(13)9(15)16-17;2-1-4-3;/h1-2H;1-3H;1H;1H2. The Balaban J connectivity index is 0.000000388. The van der Waals surface area contributed by atoms with Crippen LogP contribution in [-0.2, 0) is 4.99 Å². The summed E-state index contributed by atoms with van der Waals surface area (Å²) in [5.74, 6) is 0. The van der Waals surface area contributed by atoms with E-state index >= 15 is 0 Å². The first kappa shape index (κ1) is 39.8. The number of halogens is 10. The van der Waals surface area contributed by atoms with Crippen molar-refractivity contribution in [3.05, 3.63) is 117 Å². The van der Waals surface area contributed by atoms with Crippen molar-refractivity contribution in [1.82, 2.24) is 19.6 Å². The highest BCUT2D eigenvalue weighted by Crippen LogP contribution is 2.33. The number of nitro benzene ring substituents is 1. The molecule has 0 unspecified atom stereocenters. The van der Waals surface area contributed by atoms with Crippen molar-refractivity contribution in [1.29, 1.82) is 0 Å². The third-order valence-electron chi connectivity index (χ3n) is 4.50. The van der Waals surface area contributed by atoms with Crippen molar-refractivity contribution in [2.45, 2.75) is 0 Å². The van der Waals surface area contributed by atoms with Crippen molar-refractivity contribution in [3.63, 3.8) is 0 Å². The summed E-state index contributed by atoms with van der Waals surface area (Å²) in [6.07, 6.45) is 0. The largest absolute Gasteiger partial charge is 0.870 e. The molecule has 4 rings (SSSR count). The second-order valence-corrected chi connectivity index (χ2v) is 10.9. The zero-order valence-corrected chi connectivity index (χ0v) is 27.8. The van der Waals surface area contributed by atoms with Crippen LogP contribution < -0.4 is 16.5 Å². The van der Waals surface area contributed by atoms with E-state index in [1.54, 1.807) is 6.07 Å². The number of nitrogens with zero attached hydrogens (tertiary/aromatic N) is 5. The first-order chi connectivity index (χ1) is 20.1. The van der Waals surface area contributed by atoms with Crippen LogP contribution in [0.3, 0.4) is 0 Å². The normalized spacial score (nSPS) is 9.98. The predicted molar refractivity (Wildman–Crippen MR) is 166 cm³/mol. The number of aromatic nitrogens is 4. The average molecular weight is 815 g/mol. The van der Waals surface area contributed by atoms with Crippen molar-refractivity contribution in [3.8, 4) is 11.4 Å². The predicted octanol–water partition coefficient (Wildman–Crippen LogP) is 6.97. The smallest absolute Gasteiger partial charge is 0.291 e. The fraction of sp³-hybridized carbons (Fsp3) is 0. The van der Waals surface area contributed by atoms with E-state index in [9.17, 15) is 19.7 Å². The molecular weight excluding hydrogens is 807 g/mol. The summed E-state index contributed by atoms with van der Waals surface area (Å²) in [5, 5.41) is 25.3. The van der Waals surface area contributed by atoms with E-state index < -0.39 is 21.7 Å². The van der Waals surface area contributed by atoms with E-state index in [-0.39, 0.29) is 56.6 Å². The van der Waals surface area contributed by atoms with Gasteiger partial charge in [-0.2, -0.15) is 19.6 Å². The quantitative estimate of drug-likeness (QED) is 0.123. The molecule has 0 saturated carbocycles. The molecule has 0 amide bonds. The Hall–Kier alpha value is -2.18. The maximum atomic E-state index is 12.0. The number of benzene rings is 2. The lowest BCUT2D eigenvalue weighted by molar-refractivity contribution is -0.859. The first-order valence-electron chi connectivity index (χ1n) is 10.1. The van der Waals surface area contributed by atoms with Gasteiger partial charge >= 0.3 is 0 Å². The fourth-order valence-corrected chi connectivity index (χ4v) is 4.75. The minimum absolute atomic E-state index is 0. The Labute approximate surface area is 293 Å². The van der Waals surface area contributed by atoms with Crippen molar-refractivity contribution in [2.75, 3.05) is 0 Å². The summed E-state index contributed by atoms with van der Waals surface area (Å²) < 4.78 is 1.68. The third-order valence-corrected chi connectivity index (χ3v) is 8.00. The van der Waals surface area contributed by atoms with Crippen LogP contribution >= 0.6 is 116 Å². The van der Waals surface area contributed by atoms with Crippen LogP contribution in [0, 0.1) is 15.0 Å². The monoisotopic (exact) mass is 810 g/mol. The van der Waals surface area contributed by atoms with Gasteiger partial charge in [-0.25, -0.2) is 0 Å². The molecule has 2 aromatic heterocycles. The molecule has 236 valence electrons. The van der Waals surface area contributed by atoms with E-state index in [1.807, 2.05) is 0 Å². The molecule has 24 heteroatoms. The maximum absolute atomic E-state index is 12.0. The Morgan fingerprint density at radius 3 is 1.57 bits per heavy atom. The second-order valence-electron chi connectivity index (χ2n) is 7.05. The van der Waals surface area contributed by atoms with Gasteiger partial charge in [-0.05, 0) is 29.3 Å². The highest BCUT2D eigenvalue weighted by molar-refractivity contribution is 6.48. The molecule has 0 atom stereocenters. The SMILES string of the molecule is O=[NH+]OO.O=c1c(Cl)c(Cl)c(Cl)nn1-c1cc([N+](=O)[O-])c(Cl)cc1Cl.O=c1c(Cl)c(Cl)c(Cl)nn1-c1ccc(Cl)cc1Cl.[OH-]. The van der Waals surface area contributed by atoms with Crippen LogP contribution in [-0.4, -0.2) is 35.2 Å². The topological polar surface area (TPSA) is 203 Å². The Kier molecular flexibility index (Phi) is 15.8. The van der Waals surface area contributed by atoms with E-state index in [0.29, 0.717) is 15.4 Å². The molecule has 2 aromatic carbocycles. The lowest BCUT2D eigenvalue weighted by Gasteiger charge is -2.09. The van der Waals surface area contributed by atoms with Gasteiger partial charge in [0.2, 0.25) is 5.34 Å².